The molecule has 0 radical (unpaired) electrons. The Kier molecular flexibility index (Phi) is 6.95. The first-order chi connectivity index (χ1) is 14.2. The molecule has 1 heterocycles. The fourth-order valence-corrected chi connectivity index (χ4v) is 4.83. The fourth-order valence-electron chi connectivity index (χ4n) is 3.22. The molecule has 30 heavy (non-hydrogen) atoms. The average Bonchev–Trinajstić information content (AvgIpc) is 3.01. The van der Waals surface area contributed by atoms with E-state index in [0.717, 1.165) is 21.3 Å². The summed E-state index contributed by atoms with van der Waals surface area (Å²) in [5, 5.41) is 2.86. The number of sulfonamides is 1. The van der Waals surface area contributed by atoms with Crippen molar-refractivity contribution in [2.24, 2.45) is 5.92 Å². The Labute approximate surface area is 185 Å². The Morgan fingerprint density at radius 1 is 1.13 bits per heavy atom. The van der Waals surface area contributed by atoms with Gasteiger partial charge in [-0.2, -0.15) is 4.72 Å². The molecule has 0 spiro atoms. The molecule has 0 fully saturated rings. The number of hydrogen-bond donors (Lipinski definition) is 2. The van der Waals surface area contributed by atoms with Crippen LogP contribution < -0.4 is 10.0 Å². The number of nitrogens with zero attached hydrogens (tertiary/aromatic N) is 2. The number of carbonyl (C=O) groups excluding carboxylic acids is 1. The molecule has 1 atom stereocenters. The first kappa shape index (κ1) is 22.5. The van der Waals surface area contributed by atoms with E-state index in [2.05, 4.69) is 31.0 Å². The number of aryl methyl sites for hydroxylation is 1. The molecule has 3 aromatic rings. The molecule has 3 rings (SSSR count). The summed E-state index contributed by atoms with van der Waals surface area (Å²) in [4.78, 5) is 17.4. The van der Waals surface area contributed by atoms with Gasteiger partial charge in [0.25, 0.3) is 0 Å². The van der Waals surface area contributed by atoms with Crippen LogP contribution in [0.25, 0.3) is 11.0 Å². The van der Waals surface area contributed by atoms with E-state index in [1.807, 2.05) is 49.6 Å². The van der Waals surface area contributed by atoms with Gasteiger partial charge in [-0.1, -0.05) is 41.9 Å². The molecule has 0 unspecified atom stereocenters. The van der Waals surface area contributed by atoms with Gasteiger partial charge in [0.15, 0.2) is 0 Å². The molecule has 7 nitrogen and oxygen atoms in total. The largest absolute Gasteiger partial charge is 0.353 e. The molecule has 9 heteroatoms. The van der Waals surface area contributed by atoms with Crippen molar-refractivity contribution in [2.75, 3.05) is 6.54 Å². The summed E-state index contributed by atoms with van der Waals surface area (Å²) in [6.07, 6.45) is 0. The topological polar surface area (TPSA) is 93.1 Å². The van der Waals surface area contributed by atoms with E-state index in [9.17, 15) is 13.2 Å². The smallest absolute Gasteiger partial charge is 0.241 e. The Hall–Kier alpha value is -2.23. The van der Waals surface area contributed by atoms with Crippen molar-refractivity contribution in [3.05, 3.63) is 58.8 Å². The quantitative estimate of drug-likeness (QED) is 0.504. The molecule has 0 aliphatic rings. The summed E-state index contributed by atoms with van der Waals surface area (Å²) in [5.74, 6) is 0.292. The van der Waals surface area contributed by atoms with E-state index >= 15 is 0 Å². The maximum absolute atomic E-state index is 12.8. The van der Waals surface area contributed by atoms with Gasteiger partial charge in [-0.25, -0.2) is 13.4 Å². The number of carbonyl (C=O) groups is 1. The molecular weight excluding hydrogens is 468 g/mol. The highest BCUT2D eigenvalue weighted by Crippen LogP contribution is 2.17. The Morgan fingerprint density at radius 2 is 1.80 bits per heavy atom. The zero-order valence-corrected chi connectivity index (χ0v) is 19.5. The van der Waals surface area contributed by atoms with Crippen LogP contribution in [0.5, 0.6) is 0 Å². The summed E-state index contributed by atoms with van der Waals surface area (Å²) in [7, 11) is -3.82. The van der Waals surface area contributed by atoms with E-state index in [4.69, 9.17) is 0 Å². The van der Waals surface area contributed by atoms with Crippen molar-refractivity contribution < 1.29 is 13.2 Å². The van der Waals surface area contributed by atoms with Crippen LogP contribution in [0.15, 0.2) is 57.9 Å². The molecule has 0 bridgehead atoms. The minimum Gasteiger partial charge on any atom is -0.353 e. The van der Waals surface area contributed by atoms with Gasteiger partial charge in [-0.3, -0.25) is 4.79 Å². The van der Waals surface area contributed by atoms with E-state index < -0.39 is 16.1 Å². The van der Waals surface area contributed by atoms with Crippen molar-refractivity contribution >= 4 is 42.9 Å². The third kappa shape index (κ3) is 5.08. The lowest BCUT2D eigenvalue weighted by Crippen LogP contribution is -2.50. The molecule has 2 aromatic carbocycles. The average molecular weight is 493 g/mol. The lowest BCUT2D eigenvalue weighted by Gasteiger charge is -2.22. The molecule has 0 aliphatic carbocycles. The zero-order chi connectivity index (χ0) is 21.9. The van der Waals surface area contributed by atoms with Crippen molar-refractivity contribution in [1.82, 2.24) is 19.6 Å². The summed E-state index contributed by atoms with van der Waals surface area (Å²) >= 11 is 3.29. The second-order valence-corrected chi connectivity index (χ2v) is 10.0. The summed E-state index contributed by atoms with van der Waals surface area (Å²) in [6, 6.07) is 13.2. The number of amides is 1. The lowest BCUT2D eigenvalue weighted by atomic mass is 10.1. The number of benzene rings is 2. The third-order valence-electron chi connectivity index (χ3n) is 4.84. The van der Waals surface area contributed by atoms with Crippen LogP contribution in [-0.4, -0.2) is 36.5 Å². The Morgan fingerprint density at radius 3 is 2.47 bits per heavy atom. The molecule has 2 N–H and O–H groups in total. The van der Waals surface area contributed by atoms with Gasteiger partial charge in [-0.05, 0) is 49.2 Å². The molecule has 0 saturated heterocycles. The van der Waals surface area contributed by atoms with E-state index in [-0.39, 0.29) is 16.7 Å². The molecule has 1 aromatic heterocycles. The number of rotatable bonds is 8. The maximum atomic E-state index is 12.8. The molecule has 1 amide bonds. The van der Waals surface area contributed by atoms with Crippen LogP contribution in [-0.2, 0) is 21.4 Å². The van der Waals surface area contributed by atoms with Gasteiger partial charge in [0.1, 0.15) is 11.9 Å². The van der Waals surface area contributed by atoms with Crippen molar-refractivity contribution in [3.8, 4) is 0 Å². The van der Waals surface area contributed by atoms with E-state index in [1.54, 1.807) is 12.1 Å². The highest BCUT2D eigenvalue weighted by molar-refractivity contribution is 9.10. The first-order valence-corrected chi connectivity index (χ1v) is 11.9. The Bertz CT molecular complexity index is 1140. The standard InChI is InChI=1S/C21H25BrN4O3S/c1-14(2)20(25-30(28,29)17-10-8-16(22)9-11-17)21(27)23-12-13-26-15(3)24-18-6-4-5-7-19(18)26/h4-11,14,20,25H,12-13H2,1-3H3,(H,23,27)/t20-/m0/s1. The molecular formula is C21H25BrN4O3S. The summed E-state index contributed by atoms with van der Waals surface area (Å²) in [5.41, 5.74) is 1.91. The van der Waals surface area contributed by atoms with Gasteiger partial charge in [-0.15, -0.1) is 0 Å². The Balaban J connectivity index is 1.67. The van der Waals surface area contributed by atoms with Crippen LogP contribution in [0.1, 0.15) is 19.7 Å². The SMILES string of the molecule is Cc1nc2ccccc2n1CCNC(=O)[C@@H](NS(=O)(=O)c1ccc(Br)cc1)C(C)C. The molecule has 160 valence electrons. The monoisotopic (exact) mass is 492 g/mol. The second kappa shape index (κ2) is 9.28. The number of fused-ring (bicyclic) bond motifs is 1. The second-order valence-electron chi connectivity index (χ2n) is 7.39. The fraction of sp³-hybridized carbons (Fsp3) is 0.333. The first-order valence-electron chi connectivity index (χ1n) is 9.66. The molecule has 0 aliphatic heterocycles. The minimum absolute atomic E-state index is 0.115. The van der Waals surface area contributed by atoms with Crippen LogP contribution in [0.4, 0.5) is 0 Å². The third-order valence-corrected chi connectivity index (χ3v) is 6.82. The number of aromatic nitrogens is 2. The summed E-state index contributed by atoms with van der Waals surface area (Å²) in [6.45, 7) is 6.44. The number of nitrogens with one attached hydrogen (secondary N) is 2. The van der Waals surface area contributed by atoms with E-state index in [1.165, 1.54) is 12.1 Å². The highest BCUT2D eigenvalue weighted by atomic mass is 79.9. The van der Waals surface area contributed by atoms with Crippen LogP contribution in [0.2, 0.25) is 0 Å². The molecule has 0 saturated carbocycles. The number of para-hydroxylation sites is 2. The van der Waals surface area contributed by atoms with Crippen molar-refractivity contribution in [2.45, 2.75) is 38.3 Å². The van der Waals surface area contributed by atoms with E-state index in [0.29, 0.717) is 13.1 Å². The number of halogens is 1. The van der Waals surface area contributed by atoms with Gasteiger partial charge in [0.05, 0.1) is 15.9 Å². The number of hydrogen-bond acceptors (Lipinski definition) is 4. The lowest BCUT2D eigenvalue weighted by molar-refractivity contribution is -0.123. The van der Waals surface area contributed by atoms with Crippen molar-refractivity contribution in [3.63, 3.8) is 0 Å². The minimum atomic E-state index is -3.82. The van der Waals surface area contributed by atoms with Crippen LogP contribution in [0, 0.1) is 12.8 Å². The highest BCUT2D eigenvalue weighted by Gasteiger charge is 2.28. The van der Waals surface area contributed by atoms with Gasteiger partial charge in [0, 0.05) is 17.6 Å². The van der Waals surface area contributed by atoms with Crippen molar-refractivity contribution in [1.29, 1.82) is 0 Å². The van der Waals surface area contributed by atoms with Crippen LogP contribution in [0.3, 0.4) is 0 Å². The maximum Gasteiger partial charge on any atom is 0.241 e. The zero-order valence-electron chi connectivity index (χ0n) is 17.1. The number of imidazole rings is 1. The predicted octanol–water partition coefficient (Wildman–Crippen LogP) is 3.23. The predicted molar refractivity (Wildman–Crippen MR) is 121 cm³/mol. The van der Waals surface area contributed by atoms with Gasteiger partial charge in [0.2, 0.25) is 15.9 Å². The normalized spacial score (nSPS) is 13.0. The summed E-state index contributed by atoms with van der Waals surface area (Å²) < 4.78 is 30.7. The van der Waals surface area contributed by atoms with Crippen LogP contribution >= 0.6 is 15.9 Å². The van der Waals surface area contributed by atoms with Gasteiger partial charge >= 0.3 is 0 Å². The van der Waals surface area contributed by atoms with Gasteiger partial charge < -0.3 is 9.88 Å².